The highest BCUT2D eigenvalue weighted by Gasteiger charge is 2.32. The van der Waals surface area contributed by atoms with Crippen LogP contribution >= 0.6 is 0 Å². The highest BCUT2D eigenvalue weighted by Crippen LogP contribution is 2.13. The number of piperazine rings is 1. The van der Waals surface area contributed by atoms with Gasteiger partial charge in [-0.15, -0.1) is 0 Å². The monoisotopic (exact) mass is 266 g/mol. The quantitative estimate of drug-likeness (QED) is 0.678. The molecule has 2 aliphatic rings. The van der Waals surface area contributed by atoms with Crippen LogP contribution in [-0.4, -0.2) is 86.2 Å². The van der Waals surface area contributed by atoms with Gasteiger partial charge in [-0.2, -0.15) is 5.26 Å². The summed E-state index contributed by atoms with van der Waals surface area (Å²) in [6.45, 7) is 6.93. The van der Waals surface area contributed by atoms with Crippen molar-refractivity contribution in [1.82, 2.24) is 14.7 Å². The van der Waals surface area contributed by atoms with Crippen LogP contribution in [0.25, 0.3) is 0 Å². The molecule has 0 radical (unpaired) electrons. The Bertz CT molecular complexity index is 349. The average Bonchev–Trinajstić information content (AvgIpc) is 2.44. The number of hydrogen-bond acceptors (Lipinski definition) is 5. The zero-order valence-corrected chi connectivity index (χ0v) is 11.5. The lowest BCUT2D eigenvalue weighted by atomic mass is 10.1. The Morgan fingerprint density at radius 1 is 1.26 bits per heavy atom. The van der Waals surface area contributed by atoms with Crippen LogP contribution in [0.3, 0.4) is 0 Å². The number of likely N-dealkylation sites (N-methyl/N-ethyl adjacent to an activating group) is 1. The van der Waals surface area contributed by atoms with Crippen LogP contribution in [0.2, 0.25) is 0 Å². The number of amides is 1. The predicted octanol–water partition coefficient (Wildman–Crippen LogP) is -0.625. The second-order valence-electron chi connectivity index (χ2n) is 5.13. The van der Waals surface area contributed by atoms with Gasteiger partial charge in [0.15, 0.2) is 0 Å². The van der Waals surface area contributed by atoms with Crippen LogP contribution in [0.1, 0.15) is 6.42 Å². The molecule has 6 nitrogen and oxygen atoms in total. The fraction of sp³-hybridized carbons (Fsp3) is 0.846. The molecule has 0 aromatic rings. The molecule has 2 saturated heterocycles. The number of ether oxygens (including phenoxy) is 1. The molecular formula is C13H22N4O2. The third-order valence-corrected chi connectivity index (χ3v) is 3.92. The minimum absolute atomic E-state index is 0.0785. The molecule has 1 amide bonds. The van der Waals surface area contributed by atoms with Gasteiger partial charge in [-0.3, -0.25) is 14.6 Å². The van der Waals surface area contributed by atoms with Gasteiger partial charge in [0.25, 0.3) is 0 Å². The van der Waals surface area contributed by atoms with E-state index in [0.717, 1.165) is 52.5 Å². The van der Waals surface area contributed by atoms with Gasteiger partial charge in [-0.1, -0.05) is 0 Å². The van der Waals surface area contributed by atoms with Crippen molar-refractivity contribution < 1.29 is 9.53 Å². The van der Waals surface area contributed by atoms with Crippen molar-refractivity contribution in [3.8, 4) is 6.07 Å². The number of carbonyl (C=O) groups is 1. The van der Waals surface area contributed by atoms with E-state index >= 15 is 0 Å². The van der Waals surface area contributed by atoms with Crippen molar-refractivity contribution in [3.05, 3.63) is 0 Å². The topological polar surface area (TPSA) is 59.8 Å². The Morgan fingerprint density at radius 3 is 2.68 bits per heavy atom. The third-order valence-electron chi connectivity index (χ3n) is 3.92. The van der Waals surface area contributed by atoms with E-state index in [-0.39, 0.29) is 18.4 Å². The molecule has 0 aliphatic carbocycles. The van der Waals surface area contributed by atoms with E-state index in [1.54, 1.807) is 4.90 Å². The summed E-state index contributed by atoms with van der Waals surface area (Å²) in [5.41, 5.74) is 0. The van der Waals surface area contributed by atoms with E-state index in [1.165, 1.54) is 0 Å². The zero-order chi connectivity index (χ0) is 13.7. The fourth-order valence-electron chi connectivity index (χ4n) is 2.62. The van der Waals surface area contributed by atoms with Gasteiger partial charge in [0.1, 0.15) is 6.04 Å². The molecular weight excluding hydrogens is 244 g/mol. The number of carbonyl (C=O) groups excluding carboxylic acids is 1. The van der Waals surface area contributed by atoms with Gasteiger partial charge in [-0.25, -0.2) is 0 Å². The van der Waals surface area contributed by atoms with Crippen molar-refractivity contribution in [3.63, 3.8) is 0 Å². The summed E-state index contributed by atoms with van der Waals surface area (Å²) in [5.74, 6) is 0.0785. The van der Waals surface area contributed by atoms with Crippen molar-refractivity contribution in [1.29, 1.82) is 5.26 Å². The van der Waals surface area contributed by atoms with Crippen molar-refractivity contribution in [2.45, 2.75) is 12.5 Å². The minimum atomic E-state index is -0.259. The first-order valence-electron chi connectivity index (χ1n) is 6.88. The Balaban J connectivity index is 1.86. The molecule has 1 atom stereocenters. The lowest BCUT2D eigenvalue weighted by Crippen LogP contribution is -2.57. The maximum atomic E-state index is 12.1. The predicted molar refractivity (Wildman–Crippen MR) is 70.5 cm³/mol. The Hall–Kier alpha value is -1.16. The molecule has 2 aliphatic heterocycles. The molecule has 2 heterocycles. The Kier molecular flexibility index (Phi) is 5.14. The first-order valence-corrected chi connectivity index (χ1v) is 6.88. The molecule has 0 bridgehead atoms. The zero-order valence-electron chi connectivity index (χ0n) is 11.5. The minimum Gasteiger partial charge on any atom is -0.379 e. The van der Waals surface area contributed by atoms with Crippen LogP contribution in [-0.2, 0) is 9.53 Å². The van der Waals surface area contributed by atoms with Gasteiger partial charge in [0.05, 0.1) is 25.7 Å². The molecule has 106 valence electrons. The lowest BCUT2D eigenvalue weighted by molar-refractivity contribution is -0.140. The van der Waals surface area contributed by atoms with E-state index in [4.69, 9.17) is 10.00 Å². The van der Waals surface area contributed by atoms with E-state index in [9.17, 15) is 4.79 Å². The number of morpholine rings is 1. The summed E-state index contributed by atoms with van der Waals surface area (Å²) in [7, 11) is 1.81. The first-order chi connectivity index (χ1) is 9.22. The summed E-state index contributed by atoms with van der Waals surface area (Å²) >= 11 is 0. The second-order valence-corrected chi connectivity index (χ2v) is 5.13. The summed E-state index contributed by atoms with van der Waals surface area (Å²) in [5, 5.41) is 8.88. The van der Waals surface area contributed by atoms with E-state index in [1.807, 2.05) is 7.05 Å². The molecule has 0 saturated carbocycles. The highest BCUT2D eigenvalue weighted by molar-refractivity contribution is 5.82. The van der Waals surface area contributed by atoms with Gasteiger partial charge >= 0.3 is 0 Å². The summed E-state index contributed by atoms with van der Waals surface area (Å²) in [6.07, 6.45) is 0.284. The van der Waals surface area contributed by atoms with Gasteiger partial charge in [-0.05, 0) is 0 Å². The normalized spacial score (nSPS) is 26.4. The summed E-state index contributed by atoms with van der Waals surface area (Å²) in [6, 6.07) is 1.87. The maximum Gasteiger partial charge on any atom is 0.240 e. The fourth-order valence-corrected chi connectivity index (χ4v) is 2.62. The lowest BCUT2D eigenvalue weighted by Gasteiger charge is -2.39. The molecule has 0 N–H and O–H groups in total. The molecule has 0 spiro atoms. The Labute approximate surface area is 114 Å². The Morgan fingerprint density at radius 2 is 2.00 bits per heavy atom. The van der Waals surface area contributed by atoms with Gasteiger partial charge in [0.2, 0.25) is 5.91 Å². The second kappa shape index (κ2) is 6.85. The third kappa shape index (κ3) is 3.66. The van der Waals surface area contributed by atoms with Crippen molar-refractivity contribution in [2.24, 2.45) is 0 Å². The van der Waals surface area contributed by atoms with Gasteiger partial charge in [0, 0.05) is 46.3 Å². The molecule has 2 fully saturated rings. The standard InChI is InChI=1S/C13H22N4O2/c1-15-4-6-17(12(2-3-14)13(15)18)7-5-16-8-10-19-11-9-16/h12H,2,4-11H2,1H3. The smallest absolute Gasteiger partial charge is 0.240 e. The van der Waals surface area contributed by atoms with Crippen molar-refractivity contribution >= 4 is 5.91 Å². The summed E-state index contributed by atoms with van der Waals surface area (Å²) < 4.78 is 5.32. The van der Waals surface area contributed by atoms with Crippen LogP contribution in [0.5, 0.6) is 0 Å². The largest absolute Gasteiger partial charge is 0.379 e. The van der Waals surface area contributed by atoms with E-state index in [2.05, 4.69) is 15.9 Å². The molecule has 1 unspecified atom stereocenters. The van der Waals surface area contributed by atoms with Gasteiger partial charge < -0.3 is 9.64 Å². The van der Waals surface area contributed by atoms with E-state index in [0.29, 0.717) is 0 Å². The molecule has 19 heavy (non-hydrogen) atoms. The maximum absolute atomic E-state index is 12.1. The molecule has 0 aromatic carbocycles. The molecule has 2 rings (SSSR count). The SMILES string of the molecule is CN1CCN(CCN2CCOCC2)C(CC#N)C1=O. The van der Waals surface area contributed by atoms with Crippen molar-refractivity contribution in [2.75, 3.05) is 59.5 Å². The number of hydrogen-bond donors (Lipinski definition) is 0. The van der Waals surface area contributed by atoms with E-state index < -0.39 is 0 Å². The van der Waals surface area contributed by atoms with Crippen LogP contribution < -0.4 is 0 Å². The number of rotatable bonds is 4. The number of nitrogens with zero attached hydrogens (tertiary/aromatic N) is 4. The number of nitriles is 1. The van der Waals surface area contributed by atoms with Crippen LogP contribution in [0, 0.1) is 11.3 Å². The first kappa shape index (κ1) is 14.3. The molecule has 6 heteroatoms. The van der Waals surface area contributed by atoms with Crippen LogP contribution in [0.4, 0.5) is 0 Å². The van der Waals surface area contributed by atoms with Crippen LogP contribution in [0.15, 0.2) is 0 Å². The average molecular weight is 266 g/mol. The summed E-state index contributed by atoms with van der Waals surface area (Å²) in [4.78, 5) is 18.3. The highest BCUT2D eigenvalue weighted by atomic mass is 16.5. The molecule has 0 aromatic heterocycles.